The van der Waals surface area contributed by atoms with Crippen LogP contribution in [0.2, 0.25) is 10.4 Å². The van der Waals surface area contributed by atoms with Crippen LogP contribution in [0.4, 0.5) is 11.5 Å². The largest absolute Gasteiger partial charge is 0.358 e. The van der Waals surface area contributed by atoms with E-state index < -0.39 is 21.3 Å². The minimum atomic E-state index is -0.520. The Balaban J connectivity index is 1.94. The van der Waals surface area contributed by atoms with E-state index in [1.54, 1.807) is 0 Å². The van der Waals surface area contributed by atoms with Gasteiger partial charge < -0.3 is 4.74 Å². The Bertz CT molecular complexity index is 478. The van der Waals surface area contributed by atoms with Gasteiger partial charge in [-0.1, -0.05) is 11.6 Å². The van der Waals surface area contributed by atoms with Crippen LogP contribution >= 0.6 is 44.5 Å². The molecule has 0 amide bonds. The number of ether oxygens (including phenoxy) is 1. The molecule has 1 atom stereocenters. The van der Waals surface area contributed by atoms with Gasteiger partial charge in [0.1, 0.15) is 27.5 Å². The van der Waals surface area contributed by atoms with Crippen molar-refractivity contribution in [3.63, 3.8) is 0 Å². The summed E-state index contributed by atoms with van der Waals surface area (Å²) in [4.78, 5) is 8.12. The van der Waals surface area contributed by atoms with Crippen LogP contribution in [0, 0.1) is 0 Å². The predicted octanol–water partition coefficient (Wildman–Crippen LogP) is 3.83. The normalized spacial score (nSPS) is 23.4. The average molecular weight is 387 g/mol. The van der Waals surface area contributed by atoms with Crippen LogP contribution in [0.3, 0.4) is 0 Å². The number of rotatable bonds is 1. The molecule has 1 fully saturated rings. The molecule has 1 aromatic heterocycles. The molecule has 1 saturated heterocycles. The molecule has 2 aliphatic rings. The Morgan fingerprint density at radius 2 is 2.18 bits per heavy atom. The summed E-state index contributed by atoms with van der Waals surface area (Å²) < 4.78 is 12.3. The lowest BCUT2D eigenvalue weighted by Gasteiger charge is -2.29. The van der Waals surface area contributed by atoms with Crippen molar-refractivity contribution in [1.29, 1.82) is 0 Å². The summed E-state index contributed by atoms with van der Waals surface area (Å²) in [6.07, 6.45) is 3.38. The summed E-state index contributed by atoms with van der Waals surface area (Å²) in [6, 6.07) is 0. The molecule has 2 aliphatic heterocycles. The van der Waals surface area contributed by atoms with Gasteiger partial charge in [-0.15, -0.1) is 0 Å². The second-order valence-corrected chi connectivity index (χ2v) is 6.40. The molecular weight excluding hydrogens is 378 g/mol. The van der Waals surface area contributed by atoms with Crippen LogP contribution in [0.25, 0.3) is 0 Å². The SMILES string of the molecule is Clc1nc(Cl)c2c(n1)N(C1CCCCO1)I=N2. The van der Waals surface area contributed by atoms with Crippen molar-refractivity contribution >= 4 is 56.0 Å². The number of aromatic nitrogens is 2. The van der Waals surface area contributed by atoms with E-state index in [2.05, 4.69) is 16.2 Å². The van der Waals surface area contributed by atoms with Crippen molar-refractivity contribution < 1.29 is 4.74 Å². The Morgan fingerprint density at radius 3 is 2.94 bits per heavy atom. The second-order valence-electron chi connectivity index (χ2n) is 3.75. The van der Waals surface area contributed by atoms with Gasteiger partial charge in [0.25, 0.3) is 0 Å². The first-order valence-corrected chi connectivity index (χ1v) is 7.93. The second kappa shape index (κ2) is 4.91. The van der Waals surface area contributed by atoms with Gasteiger partial charge >= 0.3 is 0 Å². The van der Waals surface area contributed by atoms with E-state index >= 15 is 0 Å². The summed E-state index contributed by atoms with van der Waals surface area (Å²) in [6.45, 7) is 0.798. The van der Waals surface area contributed by atoms with Crippen LogP contribution in [-0.4, -0.2) is 22.8 Å². The number of fused-ring (bicyclic) bond motifs is 1. The van der Waals surface area contributed by atoms with E-state index in [9.17, 15) is 0 Å². The molecule has 1 unspecified atom stereocenters. The zero-order valence-electron chi connectivity index (χ0n) is 8.74. The van der Waals surface area contributed by atoms with Crippen molar-refractivity contribution in [2.45, 2.75) is 25.5 Å². The highest BCUT2D eigenvalue weighted by Crippen LogP contribution is 2.47. The highest BCUT2D eigenvalue weighted by Gasteiger charge is 2.30. The van der Waals surface area contributed by atoms with Gasteiger partial charge in [0, 0.05) is 6.61 Å². The number of anilines is 1. The maximum atomic E-state index is 6.00. The third-order valence-electron chi connectivity index (χ3n) is 2.61. The maximum absolute atomic E-state index is 6.00. The number of nitrogens with zero attached hydrogens (tertiary/aromatic N) is 4. The average Bonchev–Trinajstić information content (AvgIpc) is 2.74. The summed E-state index contributed by atoms with van der Waals surface area (Å²) in [7, 11) is 0. The molecule has 0 N–H and O–H groups in total. The highest BCUT2D eigenvalue weighted by molar-refractivity contribution is 14.2. The van der Waals surface area contributed by atoms with Gasteiger partial charge in [-0.3, -0.25) is 3.11 Å². The summed E-state index contributed by atoms with van der Waals surface area (Å²) >= 11 is 11.3. The number of hydrogen-bond donors (Lipinski definition) is 0. The first-order valence-electron chi connectivity index (χ1n) is 5.25. The number of hydrogen-bond acceptors (Lipinski definition) is 5. The Kier molecular flexibility index (Phi) is 3.47. The minimum Gasteiger partial charge on any atom is -0.358 e. The lowest BCUT2D eigenvalue weighted by atomic mass is 10.2. The quantitative estimate of drug-likeness (QED) is 0.318. The lowest BCUT2D eigenvalue weighted by molar-refractivity contribution is 0.0273. The third-order valence-corrected chi connectivity index (χ3v) is 5.28. The van der Waals surface area contributed by atoms with Crippen LogP contribution in [-0.2, 0) is 4.74 Å². The lowest BCUT2D eigenvalue weighted by Crippen LogP contribution is -2.32. The monoisotopic (exact) mass is 386 g/mol. The first-order chi connectivity index (χ1) is 8.25. The van der Waals surface area contributed by atoms with Gasteiger partial charge in [-0.2, -0.15) is 8.13 Å². The van der Waals surface area contributed by atoms with E-state index in [4.69, 9.17) is 27.9 Å². The molecule has 0 spiro atoms. The molecule has 0 bridgehead atoms. The van der Waals surface area contributed by atoms with Gasteiger partial charge in [0.2, 0.25) is 5.28 Å². The summed E-state index contributed by atoms with van der Waals surface area (Å²) in [5.74, 6) is 0.731. The first kappa shape index (κ1) is 12.0. The third kappa shape index (κ3) is 2.27. The molecule has 1 aromatic rings. The van der Waals surface area contributed by atoms with Crippen molar-refractivity contribution in [2.24, 2.45) is 3.15 Å². The smallest absolute Gasteiger partial charge is 0.225 e. The summed E-state index contributed by atoms with van der Waals surface area (Å²) in [5, 5.41) is 0.494. The van der Waals surface area contributed by atoms with Gasteiger partial charge in [0.05, 0.1) is 0 Å². The van der Waals surface area contributed by atoms with Crippen molar-refractivity contribution in [2.75, 3.05) is 9.72 Å². The van der Waals surface area contributed by atoms with Gasteiger partial charge in [-0.25, -0.2) is 4.98 Å². The zero-order valence-corrected chi connectivity index (χ0v) is 12.4. The minimum absolute atomic E-state index is 0.0728. The molecule has 0 aromatic carbocycles. The van der Waals surface area contributed by atoms with E-state index in [0.717, 1.165) is 25.3 Å². The van der Waals surface area contributed by atoms with E-state index in [-0.39, 0.29) is 11.5 Å². The predicted molar refractivity (Wildman–Crippen MR) is 74.2 cm³/mol. The fourth-order valence-corrected chi connectivity index (χ4v) is 4.52. The van der Waals surface area contributed by atoms with Gasteiger partial charge in [0.15, 0.2) is 16.7 Å². The molecule has 17 heavy (non-hydrogen) atoms. The van der Waals surface area contributed by atoms with Gasteiger partial charge in [-0.05, 0) is 30.9 Å². The maximum Gasteiger partial charge on any atom is 0.225 e. The zero-order chi connectivity index (χ0) is 11.8. The fourth-order valence-electron chi connectivity index (χ4n) is 1.82. The fraction of sp³-hybridized carbons (Fsp3) is 0.556. The van der Waals surface area contributed by atoms with Crippen LogP contribution in [0.15, 0.2) is 3.15 Å². The van der Waals surface area contributed by atoms with E-state index in [1.165, 1.54) is 6.42 Å². The molecule has 5 nitrogen and oxygen atoms in total. The van der Waals surface area contributed by atoms with Crippen LogP contribution in [0.1, 0.15) is 19.3 Å². The van der Waals surface area contributed by atoms with Crippen molar-refractivity contribution in [3.05, 3.63) is 10.4 Å². The Morgan fingerprint density at radius 1 is 1.29 bits per heavy atom. The Labute approximate surface area is 119 Å². The van der Waals surface area contributed by atoms with Crippen LogP contribution < -0.4 is 3.11 Å². The topological polar surface area (TPSA) is 50.6 Å². The van der Waals surface area contributed by atoms with Crippen molar-refractivity contribution in [3.8, 4) is 0 Å². The molecule has 3 heterocycles. The standard InChI is InChI=1S/C9H9Cl2IN4O/c10-7-6-8(14-9(11)13-7)16(12-15-6)5-3-1-2-4-17-5/h5H,1-4H2. The van der Waals surface area contributed by atoms with E-state index in [1.807, 2.05) is 0 Å². The number of halogens is 3. The summed E-state index contributed by atoms with van der Waals surface area (Å²) in [5.41, 5.74) is 0.665. The molecule has 0 aliphatic carbocycles. The van der Waals surface area contributed by atoms with Crippen molar-refractivity contribution in [1.82, 2.24) is 9.97 Å². The highest BCUT2D eigenvalue weighted by atomic mass is 127. The van der Waals surface area contributed by atoms with E-state index in [0.29, 0.717) is 10.8 Å². The molecule has 3 rings (SSSR count). The molecule has 0 saturated carbocycles. The molecule has 0 radical (unpaired) electrons. The van der Waals surface area contributed by atoms with Crippen LogP contribution in [0.5, 0.6) is 0 Å². The Hall–Kier alpha value is -0.0500. The molecular formula is C9H9Cl2IN4O. The molecule has 8 heteroatoms. The molecule has 92 valence electrons.